The SMILES string of the molecule is CCC1=C(C(=O)OC)C(c2ccc(C)cc2)N2C(CC(=O)NN3CCOCC3)=CSC2=N1. The van der Waals surface area contributed by atoms with Gasteiger partial charge in [0.1, 0.15) is 0 Å². The highest BCUT2D eigenvalue weighted by molar-refractivity contribution is 8.16. The number of thioether (sulfide) groups is 1. The Bertz CT molecular complexity index is 980. The minimum Gasteiger partial charge on any atom is -0.466 e. The number of amides is 1. The lowest BCUT2D eigenvalue weighted by Gasteiger charge is -2.36. The van der Waals surface area contributed by atoms with Crippen molar-refractivity contribution >= 4 is 28.8 Å². The fraction of sp³-hybridized carbons (Fsp3) is 0.435. The van der Waals surface area contributed by atoms with Gasteiger partial charge in [-0.3, -0.25) is 10.2 Å². The van der Waals surface area contributed by atoms with E-state index in [4.69, 9.17) is 14.5 Å². The average Bonchev–Trinajstić information content (AvgIpc) is 3.20. The minimum absolute atomic E-state index is 0.104. The van der Waals surface area contributed by atoms with Gasteiger partial charge in [0.05, 0.1) is 44.1 Å². The third-order valence-corrected chi connectivity index (χ3v) is 6.55. The fourth-order valence-corrected chi connectivity index (χ4v) is 4.97. The van der Waals surface area contributed by atoms with Gasteiger partial charge < -0.3 is 14.4 Å². The molecule has 1 fully saturated rings. The van der Waals surface area contributed by atoms with E-state index in [0.717, 1.165) is 22.0 Å². The third kappa shape index (κ3) is 4.60. The molecule has 3 aliphatic heterocycles. The highest BCUT2D eigenvalue weighted by Gasteiger charge is 2.41. The number of aliphatic imine (C=N–C) groups is 1. The molecule has 1 saturated heterocycles. The number of hydrazine groups is 1. The van der Waals surface area contributed by atoms with E-state index in [9.17, 15) is 9.59 Å². The number of carbonyl (C=O) groups is 2. The zero-order chi connectivity index (χ0) is 22.7. The summed E-state index contributed by atoms with van der Waals surface area (Å²) in [5.41, 5.74) is 7.09. The molecule has 1 N–H and O–H groups in total. The van der Waals surface area contributed by atoms with E-state index >= 15 is 0 Å². The Balaban J connectivity index is 1.65. The molecule has 0 aliphatic carbocycles. The first-order valence-electron chi connectivity index (χ1n) is 10.8. The molecule has 3 aliphatic rings. The molecule has 9 heteroatoms. The first-order valence-corrected chi connectivity index (χ1v) is 11.6. The number of allylic oxidation sites excluding steroid dienone is 1. The summed E-state index contributed by atoms with van der Waals surface area (Å²) < 4.78 is 10.5. The predicted molar refractivity (Wildman–Crippen MR) is 123 cm³/mol. The molecule has 0 aromatic heterocycles. The molecule has 0 bridgehead atoms. The van der Waals surface area contributed by atoms with E-state index in [1.54, 1.807) is 0 Å². The standard InChI is InChI=1S/C23H28N4O4S/c1-4-18-20(22(29)30-3)21(16-7-5-15(2)6-8-16)27-17(14-32-23(27)24-18)13-19(28)25-26-9-11-31-12-10-26/h5-8,14,21H,4,9-13H2,1-3H3,(H,25,28). The monoisotopic (exact) mass is 456 g/mol. The Morgan fingerprint density at radius 1 is 1.25 bits per heavy atom. The van der Waals surface area contributed by atoms with Crippen molar-refractivity contribution in [2.45, 2.75) is 32.7 Å². The van der Waals surface area contributed by atoms with E-state index in [2.05, 4.69) is 5.43 Å². The van der Waals surface area contributed by atoms with Gasteiger partial charge in [0.15, 0.2) is 5.17 Å². The Hall–Kier alpha value is -2.62. The van der Waals surface area contributed by atoms with Crippen LogP contribution in [-0.2, 0) is 19.1 Å². The first kappa shape index (κ1) is 22.6. The zero-order valence-electron chi connectivity index (χ0n) is 18.6. The molecule has 32 heavy (non-hydrogen) atoms. The van der Waals surface area contributed by atoms with Crippen molar-refractivity contribution in [3.63, 3.8) is 0 Å². The average molecular weight is 457 g/mol. The molecular weight excluding hydrogens is 428 g/mol. The van der Waals surface area contributed by atoms with Crippen LogP contribution < -0.4 is 5.43 Å². The van der Waals surface area contributed by atoms with Crippen LogP contribution in [-0.4, -0.2) is 60.4 Å². The largest absolute Gasteiger partial charge is 0.466 e. The third-order valence-electron chi connectivity index (χ3n) is 5.66. The van der Waals surface area contributed by atoms with Crippen molar-refractivity contribution in [1.29, 1.82) is 0 Å². The number of fused-ring (bicyclic) bond motifs is 1. The topological polar surface area (TPSA) is 83.5 Å². The van der Waals surface area contributed by atoms with Crippen LogP contribution in [0.25, 0.3) is 0 Å². The van der Waals surface area contributed by atoms with Crippen LogP contribution >= 0.6 is 11.8 Å². The van der Waals surface area contributed by atoms with Crippen molar-refractivity contribution in [2.24, 2.45) is 4.99 Å². The summed E-state index contributed by atoms with van der Waals surface area (Å²) in [6.45, 7) is 6.54. The van der Waals surface area contributed by atoms with Gasteiger partial charge in [-0.2, -0.15) is 0 Å². The summed E-state index contributed by atoms with van der Waals surface area (Å²) >= 11 is 1.48. The van der Waals surface area contributed by atoms with Crippen LogP contribution in [0.1, 0.15) is 36.9 Å². The van der Waals surface area contributed by atoms with Crippen LogP contribution in [0.2, 0.25) is 0 Å². The Morgan fingerprint density at radius 2 is 1.97 bits per heavy atom. The molecule has 0 saturated carbocycles. The molecule has 0 radical (unpaired) electrons. The summed E-state index contributed by atoms with van der Waals surface area (Å²) in [6.07, 6.45) is 0.791. The van der Waals surface area contributed by atoms with Gasteiger partial charge in [-0.25, -0.2) is 14.8 Å². The smallest absolute Gasteiger partial charge is 0.338 e. The molecular formula is C23H28N4O4S. The van der Waals surface area contributed by atoms with Crippen molar-refractivity contribution in [1.82, 2.24) is 15.3 Å². The Morgan fingerprint density at radius 3 is 2.62 bits per heavy atom. The number of nitrogens with zero attached hydrogens (tertiary/aromatic N) is 3. The van der Waals surface area contributed by atoms with E-state index < -0.39 is 12.0 Å². The second kappa shape index (κ2) is 9.89. The number of nitrogens with one attached hydrogen (secondary N) is 1. The van der Waals surface area contributed by atoms with E-state index in [1.165, 1.54) is 18.9 Å². The van der Waals surface area contributed by atoms with Gasteiger partial charge in [-0.05, 0) is 24.3 Å². The lowest BCUT2D eigenvalue weighted by Crippen LogP contribution is -2.48. The van der Waals surface area contributed by atoms with Crippen molar-refractivity contribution in [3.05, 3.63) is 57.8 Å². The Labute approximate surface area is 192 Å². The number of aryl methyl sites for hydroxylation is 1. The normalized spacial score (nSPS) is 21.1. The highest BCUT2D eigenvalue weighted by Crippen LogP contribution is 2.45. The maximum atomic E-state index is 12.9. The lowest BCUT2D eigenvalue weighted by molar-refractivity contribution is -0.136. The second-order valence-corrected chi connectivity index (χ2v) is 8.66. The van der Waals surface area contributed by atoms with E-state index in [0.29, 0.717) is 44.0 Å². The molecule has 1 aromatic rings. The number of benzene rings is 1. The van der Waals surface area contributed by atoms with Crippen LogP contribution in [0.3, 0.4) is 0 Å². The molecule has 4 rings (SSSR count). The van der Waals surface area contributed by atoms with Crippen molar-refractivity contribution in [3.8, 4) is 0 Å². The second-order valence-electron chi connectivity index (χ2n) is 7.82. The molecule has 8 nitrogen and oxygen atoms in total. The maximum absolute atomic E-state index is 12.9. The number of hydrogen-bond acceptors (Lipinski definition) is 8. The summed E-state index contributed by atoms with van der Waals surface area (Å²) in [5.74, 6) is -0.503. The number of methoxy groups -OCH3 is 1. The minimum atomic E-state index is -0.400. The number of rotatable bonds is 6. The molecule has 1 aromatic carbocycles. The fourth-order valence-electron chi connectivity index (χ4n) is 4.03. The molecule has 1 amide bonds. The van der Waals surface area contributed by atoms with Gasteiger partial charge in [0, 0.05) is 18.8 Å². The first-order chi connectivity index (χ1) is 15.5. The number of esters is 1. The van der Waals surface area contributed by atoms with Gasteiger partial charge in [0.25, 0.3) is 0 Å². The van der Waals surface area contributed by atoms with Gasteiger partial charge in [-0.15, -0.1) is 0 Å². The number of hydrogen-bond donors (Lipinski definition) is 1. The Kier molecular flexibility index (Phi) is 6.98. The van der Waals surface area contributed by atoms with Crippen LogP contribution in [0, 0.1) is 6.92 Å². The molecule has 3 heterocycles. The van der Waals surface area contributed by atoms with Crippen molar-refractivity contribution in [2.75, 3.05) is 33.4 Å². The van der Waals surface area contributed by atoms with E-state index in [1.807, 2.05) is 53.4 Å². The summed E-state index contributed by atoms with van der Waals surface area (Å²) in [7, 11) is 1.39. The number of amidine groups is 1. The lowest BCUT2D eigenvalue weighted by atomic mass is 9.92. The molecule has 1 unspecified atom stereocenters. The molecule has 170 valence electrons. The summed E-state index contributed by atoms with van der Waals surface area (Å²) in [5, 5.41) is 4.60. The van der Waals surface area contributed by atoms with E-state index in [-0.39, 0.29) is 12.3 Å². The number of carbonyl (C=O) groups excluding carboxylic acids is 2. The summed E-state index contributed by atoms with van der Waals surface area (Å²) in [6, 6.07) is 7.70. The predicted octanol–water partition coefficient (Wildman–Crippen LogP) is 2.89. The highest BCUT2D eigenvalue weighted by atomic mass is 32.2. The van der Waals surface area contributed by atoms with Crippen LogP contribution in [0.4, 0.5) is 0 Å². The van der Waals surface area contributed by atoms with Crippen LogP contribution in [0.5, 0.6) is 0 Å². The molecule has 0 spiro atoms. The van der Waals surface area contributed by atoms with Gasteiger partial charge in [-0.1, -0.05) is 48.5 Å². The molecule has 1 atom stereocenters. The zero-order valence-corrected chi connectivity index (χ0v) is 19.4. The van der Waals surface area contributed by atoms with Gasteiger partial charge >= 0.3 is 5.97 Å². The van der Waals surface area contributed by atoms with Gasteiger partial charge in [0.2, 0.25) is 5.91 Å². The number of morpholine rings is 1. The van der Waals surface area contributed by atoms with Crippen molar-refractivity contribution < 1.29 is 19.1 Å². The summed E-state index contributed by atoms with van der Waals surface area (Å²) in [4.78, 5) is 32.4. The van der Waals surface area contributed by atoms with Crippen LogP contribution in [0.15, 0.2) is 51.6 Å². The quantitative estimate of drug-likeness (QED) is 0.659. The maximum Gasteiger partial charge on any atom is 0.338 e. The number of ether oxygens (including phenoxy) is 2.